The van der Waals surface area contributed by atoms with E-state index in [4.69, 9.17) is 0 Å². The van der Waals surface area contributed by atoms with Crippen molar-refractivity contribution in [2.24, 2.45) is 0 Å². The Morgan fingerprint density at radius 1 is 0.595 bits per heavy atom. The second-order valence-corrected chi connectivity index (χ2v) is 9.21. The van der Waals surface area contributed by atoms with Gasteiger partial charge in [0.15, 0.2) is 11.6 Å². The van der Waals surface area contributed by atoms with Crippen LogP contribution in [0.25, 0.3) is 0 Å². The molecule has 1 aliphatic rings. The molecular formula is C31H28N2O4. The monoisotopic (exact) mass is 492 g/mol. The Kier molecular flexibility index (Phi) is 6.86. The van der Waals surface area contributed by atoms with Crippen LogP contribution in [0.15, 0.2) is 78.9 Å². The maximum absolute atomic E-state index is 13.8. The third-order valence-corrected chi connectivity index (χ3v) is 6.59. The van der Waals surface area contributed by atoms with E-state index in [0.717, 1.165) is 28.1 Å². The Hall–Kier alpha value is -4.26. The summed E-state index contributed by atoms with van der Waals surface area (Å²) in [5.41, 5.74) is 7.07. The van der Waals surface area contributed by atoms with Crippen molar-refractivity contribution in [1.29, 1.82) is 0 Å². The molecule has 0 atom stereocenters. The van der Waals surface area contributed by atoms with Gasteiger partial charge < -0.3 is 20.8 Å². The van der Waals surface area contributed by atoms with Gasteiger partial charge in [-0.15, -0.1) is 0 Å². The minimum Gasteiger partial charge on any atom is -0.396 e. The third kappa shape index (κ3) is 4.89. The number of aryl methyl sites for hydroxylation is 1. The fourth-order valence-electron chi connectivity index (χ4n) is 4.67. The third-order valence-electron chi connectivity index (χ3n) is 6.59. The lowest BCUT2D eigenvalue weighted by Crippen LogP contribution is -2.23. The summed E-state index contributed by atoms with van der Waals surface area (Å²) in [6.07, 6.45) is 1.14. The molecule has 186 valence electrons. The van der Waals surface area contributed by atoms with E-state index in [-0.39, 0.29) is 24.8 Å². The zero-order chi connectivity index (χ0) is 25.9. The number of hydrogen-bond acceptors (Lipinski definition) is 6. The van der Waals surface area contributed by atoms with Gasteiger partial charge in [-0.05, 0) is 73.4 Å². The Bertz CT molecular complexity index is 1470. The highest BCUT2D eigenvalue weighted by Crippen LogP contribution is 2.39. The van der Waals surface area contributed by atoms with Crippen LogP contribution in [0.1, 0.15) is 48.5 Å². The SMILES string of the molecule is Cc1ccc2c(c1)C(=O)c1c(Nc3ccc(CCO)cc3)ccc(Nc3ccc(CCO)cc3)c1C2=O. The highest BCUT2D eigenvalue weighted by molar-refractivity contribution is 6.32. The van der Waals surface area contributed by atoms with Crippen molar-refractivity contribution in [3.63, 3.8) is 0 Å². The van der Waals surface area contributed by atoms with Gasteiger partial charge in [-0.2, -0.15) is 0 Å². The van der Waals surface area contributed by atoms with Crippen molar-refractivity contribution < 1.29 is 19.8 Å². The molecule has 0 bridgehead atoms. The van der Waals surface area contributed by atoms with E-state index in [2.05, 4.69) is 10.6 Å². The van der Waals surface area contributed by atoms with Crippen LogP contribution in [0, 0.1) is 6.92 Å². The molecule has 5 rings (SSSR count). The molecule has 6 heteroatoms. The molecule has 0 saturated carbocycles. The average molecular weight is 493 g/mol. The van der Waals surface area contributed by atoms with E-state index in [0.29, 0.717) is 46.5 Å². The quantitative estimate of drug-likeness (QED) is 0.234. The molecule has 0 unspecified atom stereocenters. The molecule has 4 aromatic rings. The molecule has 0 fully saturated rings. The second kappa shape index (κ2) is 10.4. The number of ketones is 2. The first-order valence-corrected chi connectivity index (χ1v) is 12.3. The predicted octanol–water partition coefficient (Wildman–Crippen LogP) is 5.33. The lowest BCUT2D eigenvalue weighted by molar-refractivity contribution is 0.0980. The number of benzene rings is 4. The fourth-order valence-corrected chi connectivity index (χ4v) is 4.67. The molecular weight excluding hydrogens is 464 g/mol. The summed E-state index contributed by atoms with van der Waals surface area (Å²) in [4.78, 5) is 27.6. The molecule has 0 amide bonds. The summed E-state index contributed by atoms with van der Waals surface area (Å²) in [7, 11) is 0. The smallest absolute Gasteiger partial charge is 0.196 e. The minimum absolute atomic E-state index is 0.0777. The van der Waals surface area contributed by atoms with Gasteiger partial charge >= 0.3 is 0 Å². The van der Waals surface area contributed by atoms with Crippen molar-refractivity contribution in [2.45, 2.75) is 19.8 Å². The maximum atomic E-state index is 13.8. The summed E-state index contributed by atoms with van der Waals surface area (Å²) in [6.45, 7) is 2.06. The van der Waals surface area contributed by atoms with Crippen LogP contribution in [-0.2, 0) is 12.8 Å². The van der Waals surface area contributed by atoms with Gasteiger partial charge in [0.2, 0.25) is 0 Å². The fraction of sp³-hybridized carbons (Fsp3) is 0.161. The van der Waals surface area contributed by atoms with Crippen molar-refractivity contribution >= 4 is 34.3 Å². The van der Waals surface area contributed by atoms with Crippen LogP contribution < -0.4 is 10.6 Å². The molecule has 0 saturated heterocycles. The highest BCUT2D eigenvalue weighted by atomic mass is 16.3. The van der Waals surface area contributed by atoms with Gasteiger partial charge in [0, 0.05) is 35.7 Å². The molecule has 0 radical (unpaired) electrons. The lowest BCUT2D eigenvalue weighted by atomic mass is 9.81. The number of aliphatic hydroxyl groups excluding tert-OH is 2. The summed E-state index contributed by atoms with van der Waals surface area (Å²) in [5, 5.41) is 25.0. The van der Waals surface area contributed by atoms with E-state index < -0.39 is 0 Å². The van der Waals surface area contributed by atoms with E-state index in [1.807, 2.05) is 73.7 Å². The predicted molar refractivity (Wildman–Crippen MR) is 146 cm³/mol. The largest absolute Gasteiger partial charge is 0.396 e. The van der Waals surface area contributed by atoms with Gasteiger partial charge in [-0.1, -0.05) is 42.0 Å². The van der Waals surface area contributed by atoms with Crippen LogP contribution >= 0.6 is 0 Å². The summed E-state index contributed by atoms with van der Waals surface area (Å²) in [6, 6.07) is 24.2. The molecule has 0 heterocycles. The van der Waals surface area contributed by atoms with E-state index in [1.54, 1.807) is 12.1 Å². The number of anilines is 4. The number of carbonyl (C=O) groups is 2. The number of hydrogen-bond donors (Lipinski definition) is 4. The van der Waals surface area contributed by atoms with E-state index >= 15 is 0 Å². The van der Waals surface area contributed by atoms with Gasteiger partial charge in [0.25, 0.3) is 0 Å². The molecule has 0 aromatic heterocycles. The molecule has 4 N–H and O–H groups in total. The standard InChI is InChI=1S/C31H28N2O4/c1-19-2-11-24-25(18-19)31(37)29-27(33-23-9-5-21(6-10-23)15-17-35)13-12-26(28(29)30(24)36)32-22-7-3-20(4-8-22)14-16-34/h2-13,18,32-35H,14-17H2,1H3. The van der Waals surface area contributed by atoms with Crippen molar-refractivity contribution in [1.82, 2.24) is 0 Å². The Balaban J connectivity index is 1.58. The molecule has 4 aromatic carbocycles. The molecule has 37 heavy (non-hydrogen) atoms. The normalized spacial score (nSPS) is 12.2. The summed E-state index contributed by atoms with van der Waals surface area (Å²) in [5.74, 6) is -0.402. The number of aliphatic hydroxyl groups is 2. The van der Waals surface area contributed by atoms with Crippen LogP contribution in [0.4, 0.5) is 22.7 Å². The van der Waals surface area contributed by atoms with E-state index in [1.165, 1.54) is 0 Å². The van der Waals surface area contributed by atoms with Gasteiger partial charge in [0.1, 0.15) is 0 Å². The minimum atomic E-state index is -0.203. The van der Waals surface area contributed by atoms with Crippen LogP contribution in [0.5, 0.6) is 0 Å². The van der Waals surface area contributed by atoms with Gasteiger partial charge in [-0.3, -0.25) is 9.59 Å². The Morgan fingerprint density at radius 2 is 1.05 bits per heavy atom. The summed E-state index contributed by atoms with van der Waals surface area (Å²) < 4.78 is 0. The topological polar surface area (TPSA) is 98.7 Å². The summed E-state index contributed by atoms with van der Waals surface area (Å²) >= 11 is 0. The second-order valence-electron chi connectivity index (χ2n) is 9.21. The average Bonchev–Trinajstić information content (AvgIpc) is 2.90. The van der Waals surface area contributed by atoms with Crippen LogP contribution in [-0.4, -0.2) is 35.0 Å². The van der Waals surface area contributed by atoms with Crippen LogP contribution in [0.2, 0.25) is 0 Å². The Morgan fingerprint density at radius 3 is 1.51 bits per heavy atom. The molecule has 0 aliphatic heterocycles. The highest BCUT2D eigenvalue weighted by Gasteiger charge is 2.34. The number of rotatable bonds is 8. The zero-order valence-corrected chi connectivity index (χ0v) is 20.5. The zero-order valence-electron chi connectivity index (χ0n) is 20.5. The number of fused-ring (bicyclic) bond motifs is 2. The first-order chi connectivity index (χ1) is 18.0. The van der Waals surface area contributed by atoms with Crippen molar-refractivity contribution in [3.05, 3.63) is 118 Å². The van der Waals surface area contributed by atoms with Crippen LogP contribution in [0.3, 0.4) is 0 Å². The van der Waals surface area contributed by atoms with Gasteiger partial charge in [0.05, 0.1) is 22.5 Å². The molecule has 1 aliphatic carbocycles. The maximum Gasteiger partial charge on any atom is 0.196 e. The first kappa shape index (κ1) is 24.4. The van der Waals surface area contributed by atoms with E-state index in [9.17, 15) is 19.8 Å². The molecule has 0 spiro atoms. The van der Waals surface area contributed by atoms with Crippen molar-refractivity contribution in [2.75, 3.05) is 23.8 Å². The lowest BCUT2D eigenvalue weighted by Gasteiger charge is -2.24. The van der Waals surface area contributed by atoms with Gasteiger partial charge in [-0.25, -0.2) is 0 Å². The first-order valence-electron chi connectivity index (χ1n) is 12.3. The number of carbonyl (C=O) groups excluding carboxylic acids is 2. The molecule has 6 nitrogen and oxygen atoms in total. The number of nitrogens with one attached hydrogen (secondary N) is 2. The van der Waals surface area contributed by atoms with Crippen molar-refractivity contribution in [3.8, 4) is 0 Å². The Labute approximate surface area is 215 Å².